The smallest absolute Gasteiger partial charge is 0.229 e. The van der Waals surface area contributed by atoms with Crippen LogP contribution in [0.3, 0.4) is 0 Å². The van der Waals surface area contributed by atoms with Crippen LogP contribution in [0.15, 0.2) is 18.2 Å². The number of hydrogen-bond donors (Lipinski definition) is 1. The zero-order valence-electron chi connectivity index (χ0n) is 10.9. The van der Waals surface area contributed by atoms with E-state index in [1.165, 1.54) is 0 Å². The summed E-state index contributed by atoms with van der Waals surface area (Å²) in [5, 5.41) is 0.662. The molecule has 1 fully saturated rings. The molecule has 0 aromatic heterocycles. The van der Waals surface area contributed by atoms with Gasteiger partial charge in [-0.25, -0.2) is 8.42 Å². The minimum atomic E-state index is -3.27. The van der Waals surface area contributed by atoms with Crippen LogP contribution >= 0.6 is 11.6 Å². The number of sulfonamides is 1. The van der Waals surface area contributed by atoms with Gasteiger partial charge in [-0.05, 0) is 36.6 Å². The first-order chi connectivity index (χ1) is 8.96. The Labute approximate surface area is 119 Å². The number of benzene rings is 1. The van der Waals surface area contributed by atoms with Gasteiger partial charge in [0, 0.05) is 23.2 Å². The summed E-state index contributed by atoms with van der Waals surface area (Å²) in [6.07, 6.45) is 4.32. The molecule has 0 aliphatic carbocycles. The van der Waals surface area contributed by atoms with Gasteiger partial charge in [0.2, 0.25) is 10.0 Å². The Morgan fingerprint density at radius 1 is 1.37 bits per heavy atom. The van der Waals surface area contributed by atoms with Gasteiger partial charge in [-0.15, -0.1) is 0 Å². The Morgan fingerprint density at radius 2 is 2.16 bits per heavy atom. The highest BCUT2D eigenvalue weighted by atomic mass is 35.5. The highest BCUT2D eigenvalue weighted by molar-refractivity contribution is 7.92. The third-order valence-electron chi connectivity index (χ3n) is 3.15. The third kappa shape index (κ3) is 4.37. The quantitative estimate of drug-likeness (QED) is 0.934. The predicted octanol–water partition coefficient (Wildman–Crippen LogP) is 3.00. The fourth-order valence-electron chi connectivity index (χ4n) is 2.28. The lowest BCUT2D eigenvalue weighted by atomic mass is 9.94. The largest absolute Gasteiger partial charge is 0.381 e. The van der Waals surface area contributed by atoms with Gasteiger partial charge in [-0.3, -0.25) is 4.72 Å². The summed E-state index contributed by atoms with van der Waals surface area (Å²) in [5.74, 6) is 0.233. The predicted molar refractivity (Wildman–Crippen MR) is 77.3 cm³/mol. The van der Waals surface area contributed by atoms with E-state index in [-0.39, 0.29) is 5.92 Å². The monoisotopic (exact) mass is 303 g/mol. The van der Waals surface area contributed by atoms with E-state index in [2.05, 4.69) is 4.72 Å². The summed E-state index contributed by atoms with van der Waals surface area (Å²) in [6, 6.07) is 5.21. The summed E-state index contributed by atoms with van der Waals surface area (Å²) in [5.41, 5.74) is 1.50. The second kappa shape index (κ2) is 6.11. The van der Waals surface area contributed by atoms with E-state index >= 15 is 0 Å². The molecule has 1 N–H and O–H groups in total. The molecule has 106 valence electrons. The van der Waals surface area contributed by atoms with Gasteiger partial charge in [-0.2, -0.15) is 0 Å². The first kappa shape index (κ1) is 14.6. The number of anilines is 1. The van der Waals surface area contributed by atoms with Crippen molar-refractivity contribution >= 4 is 27.3 Å². The van der Waals surface area contributed by atoms with Crippen LogP contribution in [0.2, 0.25) is 5.02 Å². The maximum atomic E-state index is 11.3. The van der Waals surface area contributed by atoms with Crippen LogP contribution < -0.4 is 4.72 Å². The summed E-state index contributed by atoms with van der Waals surface area (Å²) in [6.45, 7) is 1.43. The van der Waals surface area contributed by atoms with Crippen LogP contribution in [0, 0.1) is 0 Å². The van der Waals surface area contributed by atoms with Gasteiger partial charge in [0.1, 0.15) is 0 Å². The van der Waals surface area contributed by atoms with Gasteiger partial charge in [0.05, 0.1) is 12.9 Å². The summed E-state index contributed by atoms with van der Waals surface area (Å²) in [7, 11) is -3.27. The zero-order chi connectivity index (χ0) is 13.9. The Balaban J connectivity index is 2.25. The van der Waals surface area contributed by atoms with Gasteiger partial charge < -0.3 is 4.74 Å². The summed E-state index contributed by atoms with van der Waals surface area (Å²) in [4.78, 5) is 0. The van der Waals surface area contributed by atoms with Crippen molar-refractivity contribution in [2.45, 2.75) is 25.2 Å². The van der Waals surface area contributed by atoms with E-state index in [0.717, 1.165) is 37.7 Å². The fourth-order valence-corrected chi connectivity index (χ4v) is 3.11. The normalized spacial score (nSPS) is 20.8. The van der Waals surface area contributed by atoms with Crippen LogP contribution in [0.1, 0.15) is 30.7 Å². The van der Waals surface area contributed by atoms with E-state index in [0.29, 0.717) is 17.3 Å². The number of nitrogens with one attached hydrogen (secondary N) is 1. The molecule has 19 heavy (non-hydrogen) atoms. The molecule has 0 amide bonds. The van der Waals surface area contributed by atoms with Crippen LogP contribution in [-0.4, -0.2) is 27.9 Å². The Kier molecular flexibility index (Phi) is 4.71. The van der Waals surface area contributed by atoms with Crippen molar-refractivity contribution in [3.8, 4) is 0 Å². The molecule has 4 nitrogen and oxygen atoms in total. The van der Waals surface area contributed by atoms with Crippen LogP contribution in [0.25, 0.3) is 0 Å². The van der Waals surface area contributed by atoms with Gasteiger partial charge in [0.15, 0.2) is 0 Å². The molecule has 0 saturated carbocycles. The molecule has 1 aliphatic rings. The van der Waals surface area contributed by atoms with E-state index in [1.54, 1.807) is 12.1 Å². The molecule has 6 heteroatoms. The second-order valence-corrected chi connectivity index (χ2v) is 7.03. The second-order valence-electron chi connectivity index (χ2n) is 4.88. The highest BCUT2D eigenvalue weighted by Crippen LogP contribution is 2.32. The number of halogens is 1. The van der Waals surface area contributed by atoms with Crippen LogP contribution in [-0.2, 0) is 14.8 Å². The lowest BCUT2D eigenvalue weighted by molar-refractivity contribution is 0.134. The van der Waals surface area contributed by atoms with Crippen molar-refractivity contribution in [2.24, 2.45) is 0 Å². The molecule has 2 rings (SSSR count). The maximum absolute atomic E-state index is 11.3. The minimum absolute atomic E-state index is 0.233. The molecule has 1 aromatic carbocycles. The lowest BCUT2D eigenvalue weighted by Gasteiger charge is -2.17. The molecule has 1 unspecified atom stereocenters. The van der Waals surface area contributed by atoms with Crippen molar-refractivity contribution in [3.05, 3.63) is 28.8 Å². The third-order valence-corrected chi connectivity index (χ3v) is 4.10. The van der Waals surface area contributed by atoms with Crippen molar-refractivity contribution in [1.82, 2.24) is 0 Å². The SMILES string of the molecule is CS(=O)(=O)Nc1ccc(Cl)c(C2CCCCOC2)c1. The van der Waals surface area contributed by atoms with Gasteiger partial charge in [-0.1, -0.05) is 18.0 Å². The van der Waals surface area contributed by atoms with Gasteiger partial charge >= 0.3 is 0 Å². The summed E-state index contributed by atoms with van der Waals surface area (Å²) < 4.78 is 30.6. The van der Waals surface area contributed by atoms with E-state index in [1.807, 2.05) is 6.07 Å². The van der Waals surface area contributed by atoms with E-state index in [9.17, 15) is 8.42 Å². The van der Waals surface area contributed by atoms with Crippen LogP contribution in [0.5, 0.6) is 0 Å². The van der Waals surface area contributed by atoms with E-state index < -0.39 is 10.0 Å². The fraction of sp³-hybridized carbons (Fsp3) is 0.538. The molecular weight excluding hydrogens is 286 g/mol. The van der Waals surface area contributed by atoms with Crippen molar-refractivity contribution < 1.29 is 13.2 Å². The van der Waals surface area contributed by atoms with Crippen molar-refractivity contribution in [1.29, 1.82) is 0 Å². The average Bonchev–Trinajstić information content (AvgIpc) is 2.58. The molecule has 1 aromatic rings. The lowest BCUT2D eigenvalue weighted by Crippen LogP contribution is -2.11. The van der Waals surface area contributed by atoms with E-state index in [4.69, 9.17) is 16.3 Å². The summed E-state index contributed by atoms with van der Waals surface area (Å²) >= 11 is 6.22. The molecule has 0 spiro atoms. The Bertz CT molecular complexity index is 537. The van der Waals surface area contributed by atoms with Crippen molar-refractivity contribution in [2.75, 3.05) is 24.2 Å². The molecule has 1 saturated heterocycles. The number of rotatable bonds is 3. The molecule has 1 atom stereocenters. The topological polar surface area (TPSA) is 55.4 Å². The van der Waals surface area contributed by atoms with Gasteiger partial charge in [0.25, 0.3) is 0 Å². The zero-order valence-corrected chi connectivity index (χ0v) is 12.4. The van der Waals surface area contributed by atoms with Crippen molar-refractivity contribution in [3.63, 3.8) is 0 Å². The highest BCUT2D eigenvalue weighted by Gasteiger charge is 2.18. The molecule has 0 bridgehead atoms. The first-order valence-electron chi connectivity index (χ1n) is 6.31. The molecular formula is C13H18ClNO3S. The Morgan fingerprint density at radius 3 is 2.89 bits per heavy atom. The van der Waals surface area contributed by atoms with Crippen LogP contribution in [0.4, 0.5) is 5.69 Å². The maximum Gasteiger partial charge on any atom is 0.229 e. The Hall–Kier alpha value is -0.780. The molecule has 0 radical (unpaired) electrons. The number of ether oxygens (including phenoxy) is 1. The molecule has 1 heterocycles. The standard InChI is InChI=1S/C13H18ClNO3S/c1-19(16,17)15-11-5-6-13(14)12(8-11)10-4-2-3-7-18-9-10/h5-6,8,10,15H,2-4,7,9H2,1H3. The minimum Gasteiger partial charge on any atom is -0.381 e. The first-order valence-corrected chi connectivity index (χ1v) is 8.57. The number of hydrogen-bond acceptors (Lipinski definition) is 3. The molecule has 1 aliphatic heterocycles. The average molecular weight is 304 g/mol.